The van der Waals surface area contributed by atoms with E-state index in [1.54, 1.807) is 0 Å². The fraction of sp³-hybridized carbons (Fsp3) is 0.500. The topological polar surface area (TPSA) is 59.6 Å². The van der Waals surface area contributed by atoms with E-state index in [-0.39, 0.29) is 11.9 Å². The molecule has 1 fully saturated rings. The largest absolute Gasteiger partial charge is 0.486 e. The molecule has 1 aromatic rings. The number of hydrogen-bond acceptors (Lipinski definition) is 5. The summed E-state index contributed by atoms with van der Waals surface area (Å²) in [5.41, 5.74) is 0.753. The summed E-state index contributed by atoms with van der Waals surface area (Å²) in [4.78, 5) is 12.0. The highest BCUT2D eigenvalue weighted by atomic mass is 32.2. The van der Waals surface area contributed by atoms with Gasteiger partial charge in [0.15, 0.2) is 11.5 Å². The van der Waals surface area contributed by atoms with Crippen molar-refractivity contribution < 1.29 is 14.3 Å². The van der Waals surface area contributed by atoms with Crippen LogP contribution in [0, 0.1) is 0 Å². The SMILES string of the molecule is O=C(CC1CSCCN1)Nc1ccc2c(c1)OCCO2. The Morgan fingerprint density at radius 1 is 1.35 bits per heavy atom. The fourth-order valence-corrected chi connectivity index (χ4v) is 3.26. The first kappa shape index (κ1) is 13.6. The van der Waals surface area contributed by atoms with E-state index in [9.17, 15) is 4.79 Å². The number of amides is 1. The smallest absolute Gasteiger partial charge is 0.225 e. The van der Waals surface area contributed by atoms with Gasteiger partial charge < -0.3 is 20.1 Å². The first-order chi connectivity index (χ1) is 9.81. The Balaban J connectivity index is 1.58. The fourth-order valence-electron chi connectivity index (χ4n) is 2.31. The summed E-state index contributed by atoms with van der Waals surface area (Å²) in [7, 11) is 0. The minimum atomic E-state index is 0.0293. The van der Waals surface area contributed by atoms with Crippen LogP contribution in [0.1, 0.15) is 6.42 Å². The molecule has 2 N–H and O–H groups in total. The average molecular weight is 294 g/mol. The number of carbonyl (C=O) groups is 1. The van der Waals surface area contributed by atoms with Crippen molar-refractivity contribution >= 4 is 23.4 Å². The number of benzene rings is 1. The van der Waals surface area contributed by atoms with Crippen LogP contribution in [0.4, 0.5) is 5.69 Å². The van der Waals surface area contributed by atoms with Crippen molar-refractivity contribution in [3.63, 3.8) is 0 Å². The summed E-state index contributed by atoms with van der Waals surface area (Å²) in [6, 6.07) is 5.76. The molecule has 5 nitrogen and oxygen atoms in total. The van der Waals surface area contributed by atoms with Crippen LogP contribution >= 0.6 is 11.8 Å². The van der Waals surface area contributed by atoms with Gasteiger partial charge in [-0.05, 0) is 12.1 Å². The van der Waals surface area contributed by atoms with Crippen molar-refractivity contribution in [2.24, 2.45) is 0 Å². The molecule has 0 bridgehead atoms. The lowest BCUT2D eigenvalue weighted by molar-refractivity contribution is -0.116. The van der Waals surface area contributed by atoms with Gasteiger partial charge in [-0.25, -0.2) is 0 Å². The Morgan fingerprint density at radius 3 is 3.00 bits per heavy atom. The second kappa shape index (κ2) is 6.37. The molecule has 1 amide bonds. The van der Waals surface area contributed by atoms with Crippen LogP contribution in [-0.4, -0.2) is 43.2 Å². The highest BCUT2D eigenvalue weighted by Crippen LogP contribution is 2.32. The Bertz CT molecular complexity index is 489. The Morgan fingerprint density at radius 2 is 2.20 bits per heavy atom. The molecular formula is C14H18N2O3S. The van der Waals surface area contributed by atoms with Gasteiger partial charge in [-0.15, -0.1) is 0 Å². The van der Waals surface area contributed by atoms with Crippen LogP contribution in [0.3, 0.4) is 0 Å². The van der Waals surface area contributed by atoms with Crippen molar-refractivity contribution in [2.75, 3.05) is 36.6 Å². The quantitative estimate of drug-likeness (QED) is 0.884. The third-order valence-corrected chi connectivity index (χ3v) is 4.39. The van der Waals surface area contributed by atoms with E-state index < -0.39 is 0 Å². The van der Waals surface area contributed by atoms with Gasteiger partial charge in [-0.1, -0.05) is 0 Å². The van der Waals surface area contributed by atoms with Crippen LogP contribution in [0.25, 0.3) is 0 Å². The molecule has 2 heterocycles. The Labute approximate surface area is 122 Å². The maximum Gasteiger partial charge on any atom is 0.225 e. The number of rotatable bonds is 3. The summed E-state index contributed by atoms with van der Waals surface area (Å²) < 4.78 is 11.0. The zero-order valence-corrected chi connectivity index (χ0v) is 12.0. The standard InChI is InChI=1S/C14H18N2O3S/c17-14(8-11-9-20-6-3-15-11)16-10-1-2-12-13(7-10)19-5-4-18-12/h1-2,7,11,15H,3-6,8-9H2,(H,16,17). The molecule has 0 spiro atoms. The van der Waals surface area contributed by atoms with Crippen molar-refractivity contribution in [2.45, 2.75) is 12.5 Å². The monoisotopic (exact) mass is 294 g/mol. The van der Waals surface area contributed by atoms with E-state index >= 15 is 0 Å². The highest BCUT2D eigenvalue weighted by molar-refractivity contribution is 7.99. The zero-order valence-electron chi connectivity index (χ0n) is 11.2. The van der Waals surface area contributed by atoms with Crippen LogP contribution in [0.5, 0.6) is 11.5 Å². The molecule has 1 aromatic carbocycles. The molecule has 3 rings (SSSR count). The molecule has 0 aliphatic carbocycles. The van der Waals surface area contributed by atoms with Gasteiger partial charge in [0.2, 0.25) is 5.91 Å². The molecule has 20 heavy (non-hydrogen) atoms. The zero-order chi connectivity index (χ0) is 13.8. The number of fused-ring (bicyclic) bond motifs is 1. The number of hydrogen-bond donors (Lipinski definition) is 2. The van der Waals surface area contributed by atoms with Crippen LogP contribution in [0.15, 0.2) is 18.2 Å². The van der Waals surface area contributed by atoms with Crippen molar-refractivity contribution in [1.82, 2.24) is 5.32 Å². The molecule has 2 aliphatic rings. The maximum atomic E-state index is 12.0. The van der Waals surface area contributed by atoms with E-state index in [1.807, 2.05) is 30.0 Å². The van der Waals surface area contributed by atoms with Crippen molar-refractivity contribution in [3.8, 4) is 11.5 Å². The van der Waals surface area contributed by atoms with Gasteiger partial charge >= 0.3 is 0 Å². The lowest BCUT2D eigenvalue weighted by Crippen LogP contribution is -2.39. The summed E-state index contributed by atoms with van der Waals surface area (Å²) in [6.07, 6.45) is 0.501. The van der Waals surface area contributed by atoms with Crippen LogP contribution < -0.4 is 20.1 Å². The summed E-state index contributed by atoms with van der Waals surface area (Å²) in [5, 5.41) is 6.27. The van der Waals surface area contributed by atoms with Gasteiger partial charge in [0, 0.05) is 42.3 Å². The van der Waals surface area contributed by atoms with Gasteiger partial charge in [0.1, 0.15) is 13.2 Å². The van der Waals surface area contributed by atoms with Gasteiger partial charge in [0.05, 0.1) is 0 Å². The number of anilines is 1. The van der Waals surface area contributed by atoms with Gasteiger partial charge in [-0.2, -0.15) is 11.8 Å². The number of thioether (sulfide) groups is 1. The lowest BCUT2D eigenvalue weighted by atomic mass is 10.2. The number of ether oxygens (including phenoxy) is 2. The van der Waals surface area contributed by atoms with Crippen LogP contribution in [-0.2, 0) is 4.79 Å². The number of nitrogens with one attached hydrogen (secondary N) is 2. The highest BCUT2D eigenvalue weighted by Gasteiger charge is 2.17. The van der Waals surface area contributed by atoms with E-state index in [0.717, 1.165) is 29.5 Å². The maximum absolute atomic E-state index is 12.0. The molecule has 0 aromatic heterocycles. The third-order valence-electron chi connectivity index (χ3n) is 3.26. The van der Waals surface area contributed by atoms with Crippen LogP contribution in [0.2, 0.25) is 0 Å². The Kier molecular flexibility index (Phi) is 4.32. The molecule has 108 valence electrons. The third kappa shape index (κ3) is 3.37. The molecule has 2 aliphatic heterocycles. The second-order valence-corrected chi connectivity index (χ2v) is 5.99. The average Bonchev–Trinajstić information content (AvgIpc) is 2.48. The molecule has 6 heteroatoms. The minimum absolute atomic E-state index is 0.0293. The predicted octanol–water partition coefficient (Wildman–Crippen LogP) is 1.49. The lowest BCUT2D eigenvalue weighted by Gasteiger charge is -2.23. The normalized spacial score (nSPS) is 21.3. The molecule has 1 saturated heterocycles. The predicted molar refractivity (Wildman–Crippen MR) is 79.8 cm³/mol. The van der Waals surface area contributed by atoms with E-state index in [0.29, 0.717) is 25.4 Å². The molecule has 1 unspecified atom stereocenters. The van der Waals surface area contributed by atoms with E-state index in [4.69, 9.17) is 9.47 Å². The Hall–Kier alpha value is -1.40. The first-order valence-electron chi connectivity index (χ1n) is 6.82. The van der Waals surface area contributed by atoms with E-state index in [1.165, 1.54) is 0 Å². The van der Waals surface area contributed by atoms with Crippen molar-refractivity contribution in [3.05, 3.63) is 18.2 Å². The summed E-state index contributed by atoms with van der Waals surface area (Å²) in [6.45, 7) is 2.10. The summed E-state index contributed by atoms with van der Waals surface area (Å²) in [5.74, 6) is 3.58. The van der Waals surface area contributed by atoms with Crippen molar-refractivity contribution in [1.29, 1.82) is 0 Å². The number of carbonyl (C=O) groups excluding carboxylic acids is 1. The second-order valence-electron chi connectivity index (χ2n) is 4.84. The molecule has 0 saturated carbocycles. The van der Waals surface area contributed by atoms with Gasteiger partial charge in [-0.3, -0.25) is 4.79 Å². The summed E-state index contributed by atoms with van der Waals surface area (Å²) >= 11 is 1.89. The van der Waals surface area contributed by atoms with E-state index in [2.05, 4.69) is 10.6 Å². The minimum Gasteiger partial charge on any atom is -0.486 e. The molecular weight excluding hydrogens is 276 g/mol. The molecule has 1 atom stereocenters. The first-order valence-corrected chi connectivity index (χ1v) is 7.97. The molecule has 0 radical (unpaired) electrons. The van der Waals surface area contributed by atoms with Gasteiger partial charge in [0.25, 0.3) is 0 Å².